The van der Waals surface area contributed by atoms with Crippen molar-refractivity contribution in [1.82, 2.24) is 15.0 Å². The van der Waals surface area contributed by atoms with E-state index in [0.717, 1.165) is 27.8 Å². The minimum atomic E-state index is 0.0341. The van der Waals surface area contributed by atoms with Crippen molar-refractivity contribution < 1.29 is 0 Å². The fourth-order valence-electron chi connectivity index (χ4n) is 8.16. The number of nitrogens with zero attached hydrogens (tertiary/aromatic N) is 3. The van der Waals surface area contributed by atoms with Crippen LogP contribution in [0.15, 0.2) is 182 Å². The van der Waals surface area contributed by atoms with Gasteiger partial charge < -0.3 is 0 Å². The Morgan fingerprint density at radius 1 is 0.304 bits per heavy atom. The lowest BCUT2D eigenvalue weighted by atomic mass is 9.86. The SMILES string of the molecule is CC(C)(C)c1ccc(-c2nc(-c3cccc(-c4c5ccccc5cc5ccccc45)c3)nc(-c3cccc(-c4c5ccccc5cc5ccccc45)c3)n2)cc1. The molecular weight excluding hydrogens is 679 g/mol. The van der Waals surface area contributed by atoms with Crippen molar-refractivity contribution in [3.8, 4) is 56.4 Å². The van der Waals surface area contributed by atoms with E-state index in [9.17, 15) is 0 Å². The van der Waals surface area contributed by atoms with Crippen molar-refractivity contribution in [1.29, 1.82) is 0 Å². The molecule has 56 heavy (non-hydrogen) atoms. The average molecular weight is 718 g/mol. The standard InChI is InChI=1S/C53H39N3/c1-53(2,3)43-28-26-34(27-29-43)50-54-51(41-20-12-18-39(32-41)48-44-22-8-4-14-35(44)30-36-15-5-9-23-45(36)48)56-52(55-50)42-21-13-19-40(33-42)49-46-24-10-6-16-37(46)31-38-17-7-11-25-47(38)49/h4-33H,1-3H3. The molecule has 0 unspecified atom stereocenters. The summed E-state index contributed by atoms with van der Waals surface area (Å²) in [6.45, 7) is 6.71. The summed E-state index contributed by atoms with van der Waals surface area (Å²) in [4.78, 5) is 15.6. The molecule has 10 rings (SSSR count). The first-order valence-corrected chi connectivity index (χ1v) is 19.3. The van der Waals surface area contributed by atoms with Gasteiger partial charge in [-0.05, 0) is 101 Å². The van der Waals surface area contributed by atoms with Crippen molar-refractivity contribution in [2.75, 3.05) is 0 Å². The van der Waals surface area contributed by atoms with Crippen molar-refractivity contribution in [2.24, 2.45) is 0 Å². The third kappa shape index (κ3) is 5.99. The molecule has 0 radical (unpaired) electrons. The van der Waals surface area contributed by atoms with Crippen LogP contribution in [0.4, 0.5) is 0 Å². The Labute approximate surface area is 327 Å². The predicted molar refractivity (Wildman–Crippen MR) is 236 cm³/mol. The number of hydrogen-bond donors (Lipinski definition) is 0. The highest BCUT2D eigenvalue weighted by molar-refractivity contribution is 6.14. The van der Waals surface area contributed by atoms with Crippen LogP contribution < -0.4 is 0 Å². The summed E-state index contributed by atoms with van der Waals surface area (Å²) in [7, 11) is 0. The molecule has 0 N–H and O–H groups in total. The first-order valence-electron chi connectivity index (χ1n) is 19.3. The highest BCUT2D eigenvalue weighted by Gasteiger charge is 2.18. The Morgan fingerprint density at radius 3 is 1.02 bits per heavy atom. The average Bonchev–Trinajstić information content (AvgIpc) is 3.24. The second-order valence-corrected chi connectivity index (χ2v) is 15.7. The van der Waals surface area contributed by atoms with Crippen molar-refractivity contribution in [3.05, 3.63) is 188 Å². The van der Waals surface area contributed by atoms with Gasteiger partial charge in [0.25, 0.3) is 0 Å². The Morgan fingerprint density at radius 2 is 0.643 bits per heavy atom. The molecule has 0 aliphatic rings. The third-order valence-electron chi connectivity index (χ3n) is 11.0. The van der Waals surface area contributed by atoms with Gasteiger partial charge in [0, 0.05) is 16.7 Å². The van der Waals surface area contributed by atoms with Gasteiger partial charge in [-0.1, -0.05) is 178 Å². The van der Waals surface area contributed by atoms with E-state index < -0.39 is 0 Å². The van der Waals surface area contributed by atoms with Crippen LogP contribution >= 0.6 is 0 Å². The molecule has 0 saturated heterocycles. The molecule has 0 spiro atoms. The summed E-state index contributed by atoms with van der Waals surface area (Å²) in [5.41, 5.74) is 8.80. The van der Waals surface area contributed by atoms with Gasteiger partial charge in [-0.3, -0.25) is 0 Å². The largest absolute Gasteiger partial charge is 0.208 e. The van der Waals surface area contributed by atoms with Crippen molar-refractivity contribution in [2.45, 2.75) is 26.2 Å². The number of fused-ring (bicyclic) bond motifs is 4. The molecule has 0 aliphatic heterocycles. The van der Waals surface area contributed by atoms with Crippen molar-refractivity contribution in [3.63, 3.8) is 0 Å². The summed E-state index contributed by atoms with van der Waals surface area (Å²) >= 11 is 0. The van der Waals surface area contributed by atoms with Crippen molar-refractivity contribution >= 4 is 43.1 Å². The highest BCUT2D eigenvalue weighted by atomic mass is 15.0. The van der Waals surface area contributed by atoms with Crippen LogP contribution in [0.1, 0.15) is 26.3 Å². The molecule has 0 saturated carbocycles. The monoisotopic (exact) mass is 717 g/mol. The van der Waals surface area contributed by atoms with Crippen LogP contribution in [0.3, 0.4) is 0 Å². The number of hydrogen-bond acceptors (Lipinski definition) is 3. The lowest BCUT2D eigenvalue weighted by Crippen LogP contribution is -2.10. The van der Waals surface area contributed by atoms with Crippen LogP contribution in [-0.4, -0.2) is 15.0 Å². The quantitative estimate of drug-likeness (QED) is 0.166. The van der Waals surface area contributed by atoms with E-state index in [1.807, 2.05) is 0 Å². The third-order valence-corrected chi connectivity index (χ3v) is 11.0. The lowest BCUT2D eigenvalue weighted by Gasteiger charge is -2.19. The molecule has 9 aromatic carbocycles. The van der Waals surface area contributed by atoms with Gasteiger partial charge >= 0.3 is 0 Å². The van der Waals surface area contributed by atoms with Crippen LogP contribution in [-0.2, 0) is 5.41 Å². The first kappa shape index (κ1) is 33.6. The second-order valence-electron chi connectivity index (χ2n) is 15.7. The number of benzene rings is 9. The fraction of sp³-hybridized carbons (Fsp3) is 0.0755. The first-order chi connectivity index (χ1) is 27.4. The maximum atomic E-state index is 5.25. The van der Waals surface area contributed by atoms with Crippen LogP contribution in [0.5, 0.6) is 0 Å². The molecule has 1 aromatic heterocycles. The lowest BCUT2D eigenvalue weighted by molar-refractivity contribution is 0.590. The molecule has 1 heterocycles. The summed E-state index contributed by atoms with van der Waals surface area (Å²) in [5.74, 6) is 1.92. The minimum Gasteiger partial charge on any atom is -0.208 e. The van der Waals surface area contributed by atoms with Crippen LogP contribution in [0, 0.1) is 0 Å². The molecule has 3 heteroatoms. The molecule has 0 aliphatic carbocycles. The summed E-state index contributed by atoms with van der Waals surface area (Å²) in [6, 6.07) is 65.1. The zero-order valence-electron chi connectivity index (χ0n) is 31.7. The maximum Gasteiger partial charge on any atom is 0.164 e. The van der Waals surface area contributed by atoms with Gasteiger partial charge in [-0.2, -0.15) is 0 Å². The van der Waals surface area contributed by atoms with Gasteiger partial charge in [-0.15, -0.1) is 0 Å². The van der Waals surface area contributed by atoms with E-state index in [2.05, 4.69) is 203 Å². The number of rotatable bonds is 5. The summed E-state index contributed by atoms with van der Waals surface area (Å²) in [5, 5.41) is 9.74. The smallest absolute Gasteiger partial charge is 0.164 e. The minimum absolute atomic E-state index is 0.0341. The Kier molecular flexibility index (Phi) is 8.04. The Hall–Kier alpha value is -6.97. The van der Waals surface area contributed by atoms with E-state index in [4.69, 9.17) is 15.0 Å². The molecule has 0 bridgehead atoms. The molecule has 3 nitrogen and oxygen atoms in total. The molecule has 10 aromatic rings. The summed E-state index contributed by atoms with van der Waals surface area (Å²) in [6.07, 6.45) is 0. The molecular formula is C53H39N3. The van der Waals surface area contributed by atoms with E-state index in [1.165, 1.54) is 59.8 Å². The van der Waals surface area contributed by atoms with Gasteiger partial charge in [0.05, 0.1) is 0 Å². The van der Waals surface area contributed by atoms with Gasteiger partial charge in [0.2, 0.25) is 0 Å². The van der Waals surface area contributed by atoms with Gasteiger partial charge in [0.1, 0.15) is 0 Å². The zero-order chi connectivity index (χ0) is 37.8. The predicted octanol–water partition coefficient (Wildman–Crippen LogP) is 14.1. The van der Waals surface area contributed by atoms with Gasteiger partial charge in [0.15, 0.2) is 17.5 Å². The highest BCUT2D eigenvalue weighted by Crippen LogP contribution is 2.40. The second kappa shape index (κ2) is 13.4. The van der Waals surface area contributed by atoms with Crippen LogP contribution in [0.2, 0.25) is 0 Å². The molecule has 0 fully saturated rings. The maximum absolute atomic E-state index is 5.25. The summed E-state index contributed by atoms with van der Waals surface area (Å²) < 4.78 is 0. The number of aromatic nitrogens is 3. The molecule has 266 valence electrons. The van der Waals surface area contributed by atoms with E-state index in [0.29, 0.717) is 17.5 Å². The Bertz CT molecular complexity index is 2830. The van der Waals surface area contributed by atoms with E-state index in [-0.39, 0.29) is 5.41 Å². The zero-order valence-corrected chi connectivity index (χ0v) is 31.7. The molecule has 0 amide bonds. The molecule has 0 atom stereocenters. The Balaban J connectivity index is 1.17. The fourth-order valence-corrected chi connectivity index (χ4v) is 8.16. The topological polar surface area (TPSA) is 38.7 Å². The van der Waals surface area contributed by atoms with Gasteiger partial charge in [-0.25, -0.2) is 15.0 Å². The van der Waals surface area contributed by atoms with E-state index in [1.54, 1.807) is 0 Å². The van der Waals surface area contributed by atoms with Crippen LogP contribution in [0.25, 0.3) is 99.5 Å². The normalized spacial score (nSPS) is 11.8. The van der Waals surface area contributed by atoms with E-state index >= 15 is 0 Å².